The maximum Gasteiger partial charge on any atom is 0.155 e. The fourth-order valence-electron chi connectivity index (χ4n) is 1.35. The van der Waals surface area contributed by atoms with Gasteiger partial charge in [-0.1, -0.05) is 11.6 Å². The van der Waals surface area contributed by atoms with Crippen LogP contribution in [-0.2, 0) is 0 Å². The average Bonchev–Trinajstić information content (AvgIpc) is 2.23. The third-order valence-corrected chi connectivity index (χ3v) is 2.90. The number of aromatic nitrogens is 2. The normalized spacial score (nSPS) is 10.9. The molecular formula is C11H19ClN4. The Morgan fingerprint density at radius 2 is 1.88 bits per heavy atom. The molecule has 1 heterocycles. The van der Waals surface area contributed by atoms with Crippen LogP contribution >= 0.6 is 11.6 Å². The summed E-state index contributed by atoms with van der Waals surface area (Å²) in [5.74, 6) is 0.834. The van der Waals surface area contributed by atoms with Crippen LogP contribution < -0.4 is 5.32 Å². The van der Waals surface area contributed by atoms with Gasteiger partial charge in [0.2, 0.25) is 0 Å². The SMILES string of the molecule is Cc1c(Cl)nnc(NCCCN(C)C)c1C. The van der Waals surface area contributed by atoms with Gasteiger partial charge in [0, 0.05) is 6.54 Å². The summed E-state index contributed by atoms with van der Waals surface area (Å²) in [5, 5.41) is 11.7. The van der Waals surface area contributed by atoms with Crippen molar-refractivity contribution in [2.75, 3.05) is 32.5 Å². The van der Waals surface area contributed by atoms with Crippen LogP contribution in [-0.4, -0.2) is 42.3 Å². The molecule has 0 unspecified atom stereocenters. The van der Waals surface area contributed by atoms with Crippen molar-refractivity contribution in [1.82, 2.24) is 15.1 Å². The Bertz CT molecular complexity index is 352. The van der Waals surface area contributed by atoms with Gasteiger partial charge in [0.1, 0.15) is 0 Å². The van der Waals surface area contributed by atoms with Crippen molar-refractivity contribution in [3.8, 4) is 0 Å². The molecule has 0 fully saturated rings. The smallest absolute Gasteiger partial charge is 0.155 e. The molecule has 0 amide bonds. The molecular weight excluding hydrogens is 224 g/mol. The van der Waals surface area contributed by atoms with E-state index in [0.717, 1.165) is 36.5 Å². The first-order chi connectivity index (χ1) is 7.52. The van der Waals surface area contributed by atoms with Crippen molar-refractivity contribution in [2.24, 2.45) is 0 Å². The molecule has 0 saturated heterocycles. The molecule has 1 rings (SSSR count). The first-order valence-electron chi connectivity index (χ1n) is 5.40. The van der Waals surface area contributed by atoms with Crippen LogP contribution in [0.2, 0.25) is 5.15 Å². The molecule has 0 aromatic carbocycles. The van der Waals surface area contributed by atoms with E-state index >= 15 is 0 Å². The fourth-order valence-corrected chi connectivity index (χ4v) is 1.53. The molecule has 0 aliphatic rings. The summed E-state index contributed by atoms with van der Waals surface area (Å²) in [6, 6.07) is 0. The van der Waals surface area contributed by atoms with Crippen molar-refractivity contribution < 1.29 is 0 Å². The quantitative estimate of drug-likeness (QED) is 0.803. The highest BCUT2D eigenvalue weighted by Gasteiger charge is 2.06. The molecule has 0 saturated carbocycles. The Morgan fingerprint density at radius 3 is 2.50 bits per heavy atom. The lowest BCUT2D eigenvalue weighted by atomic mass is 10.2. The Hall–Kier alpha value is -0.870. The number of hydrogen-bond donors (Lipinski definition) is 1. The first-order valence-corrected chi connectivity index (χ1v) is 5.78. The maximum atomic E-state index is 5.88. The molecule has 1 aromatic heterocycles. The number of halogens is 1. The Kier molecular flexibility index (Phi) is 4.96. The minimum Gasteiger partial charge on any atom is -0.368 e. The average molecular weight is 243 g/mol. The molecule has 4 nitrogen and oxygen atoms in total. The van der Waals surface area contributed by atoms with E-state index in [1.165, 1.54) is 0 Å². The molecule has 0 bridgehead atoms. The molecule has 0 aliphatic heterocycles. The minimum absolute atomic E-state index is 0.483. The number of nitrogens with one attached hydrogen (secondary N) is 1. The molecule has 0 aliphatic carbocycles. The second kappa shape index (κ2) is 6.01. The van der Waals surface area contributed by atoms with Gasteiger partial charge in [-0.15, -0.1) is 10.2 Å². The summed E-state index contributed by atoms with van der Waals surface area (Å²) in [7, 11) is 4.13. The molecule has 16 heavy (non-hydrogen) atoms. The number of anilines is 1. The van der Waals surface area contributed by atoms with Crippen molar-refractivity contribution in [1.29, 1.82) is 0 Å². The Labute approximate surface area is 102 Å². The van der Waals surface area contributed by atoms with E-state index in [-0.39, 0.29) is 0 Å². The number of nitrogens with zero attached hydrogens (tertiary/aromatic N) is 3. The summed E-state index contributed by atoms with van der Waals surface area (Å²) in [5.41, 5.74) is 2.07. The van der Waals surface area contributed by atoms with Crippen LogP contribution in [0.1, 0.15) is 17.5 Å². The van der Waals surface area contributed by atoms with Crippen LogP contribution in [0.5, 0.6) is 0 Å². The van der Waals surface area contributed by atoms with Gasteiger partial charge in [-0.3, -0.25) is 0 Å². The van der Waals surface area contributed by atoms with Crippen LogP contribution in [0.15, 0.2) is 0 Å². The van der Waals surface area contributed by atoms with Crippen LogP contribution in [0.25, 0.3) is 0 Å². The van der Waals surface area contributed by atoms with E-state index in [9.17, 15) is 0 Å². The van der Waals surface area contributed by atoms with E-state index in [1.54, 1.807) is 0 Å². The van der Waals surface area contributed by atoms with E-state index < -0.39 is 0 Å². The molecule has 1 N–H and O–H groups in total. The third-order valence-electron chi connectivity index (χ3n) is 2.54. The number of rotatable bonds is 5. The highest BCUT2D eigenvalue weighted by atomic mass is 35.5. The van der Waals surface area contributed by atoms with E-state index in [4.69, 9.17) is 11.6 Å². The highest BCUT2D eigenvalue weighted by Crippen LogP contribution is 2.20. The highest BCUT2D eigenvalue weighted by molar-refractivity contribution is 6.30. The summed E-state index contributed by atoms with van der Waals surface area (Å²) in [4.78, 5) is 2.16. The standard InChI is InChI=1S/C11H19ClN4/c1-8-9(2)11(15-14-10(8)12)13-6-5-7-16(3)4/h5-7H2,1-4H3,(H,13,15). The Balaban J connectivity index is 2.52. The van der Waals surface area contributed by atoms with E-state index in [0.29, 0.717) is 5.15 Å². The lowest BCUT2D eigenvalue weighted by molar-refractivity contribution is 0.405. The predicted octanol–water partition coefficient (Wildman–Crippen LogP) is 2.11. The van der Waals surface area contributed by atoms with Crippen molar-refractivity contribution in [2.45, 2.75) is 20.3 Å². The van der Waals surface area contributed by atoms with Crippen molar-refractivity contribution in [3.63, 3.8) is 0 Å². The van der Waals surface area contributed by atoms with E-state index in [2.05, 4.69) is 34.5 Å². The van der Waals surface area contributed by atoms with Gasteiger partial charge in [0.05, 0.1) is 0 Å². The van der Waals surface area contributed by atoms with Crippen molar-refractivity contribution >= 4 is 17.4 Å². The molecule has 0 radical (unpaired) electrons. The summed E-state index contributed by atoms with van der Waals surface area (Å²) in [6.45, 7) is 5.92. The minimum atomic E-state index is 0.483. The summed E-state index contributed by atoms with van der Waals surface area (Å²) >= 11 is 5.88. The second-order valence-corrected chi connectivity index (χ2v) is 4.53. The van der Waals surface area contributed by atoms with Crippen LogP contribution in [0.3, 0.4) is 0 Å². The predicted molar refractivity (Wildman–Crippen MR) is 68.2 cm³/mol. The Morgan fingerprint density at radius 1 is 1.19 bits per heavy atom. The zero-order chi connectivity index (χ0) is 12.1. The van der Waals surface area contributed by atoms with Crippen LogP contribution in [0, 0.1) is 13.8 Å². The molecule has 1 aromatic rings. The molecule has 0 atom stereocenters. The summed E-state index contributed by atoms with van der Waals surface area (Å²) < 4.78 is 0. The lowest BCUT2D eigenvalue weighted by Crippen LogP contribution is -2.17. The van der Waals surface area contributed by atoms with Gasteiger partial charge in [-0.05, 0) is 52.0 Å². The third kappa shape index (κ3) is 3.61. The maximum absolute atomic E-state index is 5.88. The monoisotopic (exact) mass is 242 g/mol. The molecule has 0 spiro atoms. The summed E-state index contributed by atoms with van der Waals surface area (Å²) in [6.07, 6.45) is 1.08. The van der Waals surface area contributed by atoms with Gasteiger partial charge >= 0.3 is 0 Å². The largest absolute Gasteiger partial charge is 0.368 e. The van der Waals surface area contributed by atoms with E-state index in [1.807, 2.05) is 13.8 Å². The zero-order valence-electron chi connectivity index (χ0n) is 10.3. The van der Waals surface area contributed by atoms with Gasteiger partial charge in [-0.25, -0.2) is 0 Å². The molecule has 90 valence electrons. The molecule has 5 heteroatoms. The topological polar surface area (TPSA) is 41.1 Å². The second-order valence-electron chi connectivity index (χ2n) is 4.17. The zero-order valence-corrected chi connectivity index (χ0v) is 11.1. The van der Waals surface area contributed by atoms with Crippen LogP contribution in [0.4, 0.5) is 5.82 Å². The van der Waals surface area contributed by atoms with Gasteiger partial charge in [0.15, 0.2) is 11.0 Å². The van der Waals surface area contributed by atoms with Crippen molar-refractivity contribution in [3.05, 3.63) is 16.3 Å². The number of hydrogen-bond acceptors (Lipinski definition) is 4. The van der Waals surface area contributed by atoms with Gasteiger partial charge in [-0.2, -0.15) is 0 Å². The van der Waals surface area contributed by atoms with Gasteiger partial charge < -0.3 is 10.2 Å². The fraction of sp³-hybridized carbons (Fsp3) is 0.636. The van der Waals surface area contributed by atoms with Gasteiger partial charge in [0.25, 0.3) is 0 Å². The lowest BCUT2D eigenvalue weighted by Gasteiger charge is -2.12. The first kappa shape index (κ1) is 13.2.